The van der Waals surface area contributed by atoms with E-state index in [4.69, 9.17) is 4.74 Å². The summed E-state index contributed by atoms with van der Waals surface area (Å²) in [6.07, 6.45) is 3.25. The van der Waals surface area contributed by atoms with Gasteiger partial charge in [-0.25, -0.2) is 9.97 Å². The zero-order valence-corrected chi connectivity index (χ0v) is 12.8. The van der Waals surface area contributed by atoms with Crippen LogP contribution >= 0.6 is 0 Å². The first-order chi connectivity index (χ1) is 9.74. The lowest BCUT2D eigenvalue weighted by Gasteiger charge is -2.23. The Morgan fingerprint density at radius 1 is 1.20 bits per heavy atom. The summed E-state index contributed by atoms with van der Waals surface area (Å²) in [6, 6.07) is 0. The molecular formula is C15H26N4O. The van der Waals surface area contributed by atoms with Crippen molar-refractivity contribution >= 4 is 11.6 Å². The third kappa shape index (κ3) is 3.82. The standard InChI is InChI=1S/C15H26N4O/c1-4-13-18-14(16-5-2)11(3)15(19-13)17-9-12-7-6-8-20-10-12/h12H,4-10H2,1-3H3,(H2,16,17,18,19). The lowest BCUT2D eigenvalue weighted by atomic mass is 10.0. The predicted molar refractivity (Wildman–Crippen MR) is 82.3 cm³/mol. The van der Waals surface area contributed by atoms with Gasteiger partial charge in [-0.3, -0.25) is 0 Å². The molecule has 1 saturated heterocycles. The van der Waals surface area contributed by atoms with E-state index in [9.17, 15) is 0 Å². The van der Waals surface area contributed by atoms with Crippen molar-refractivity contribution in [1.82, 2.24) is 9.97 Å². The molecule has 0 bridgehead atoms. The second kappa shape index (κ2) is 7.43. The van der Waals surface area contributed by atoms with E-state index in [2.05, 4.69) is 41.4 Å². The molecule has 1 aromatic heterocycles. The van der Waals surface area contributed by atoms with Crippen LogP contribution in [0.25, 0.3) is 0 Å². The first kappa shape index (κ1) is 15.0. The Morgan fingerprint density at radius 2 is 1.95 bits per heavy atom. The van der Waals surface area contributed by atoms with Gasteiger partial charge in [0.15, 0.2) is 0 Å². The smallest absolute Gasteiger partial charge is 0.134 e. The van der Waals surface area contributed by atoms with Crippen LogP contribution in [0.3, 0.4) is 0 Å². The van der Waals surface area contributed by atoms with E-state index >= 15 is 0 Å². The average Bonchev–Trinajstić information content (AvgIpc) is 2.49. The first-order valence-electron chi connectivity index (χ1n) is 7.67. The van der Waals surface area contributed by atoms with Crippen LogP contribution in [0, 0.1) is 12.8 Å². The molecule has 1 aliphatic rings. The molecule has 1 aliphatic heterocycles. The molecule has 1 aromatic rings. The van der Waals surface area contributed by atoms with Crippen molar-refractivity contribution in [3.05, 3.63) is 11.4 Å². The van der Waals surface area contributed by atoms with Gasteiger partial charge in [-0.15, -0.1) is 0 Å². The van der Waals surface area contributed by atoms with E-state index in [1.165, 1.54) is 6.42 Å². The van der Waals surface area contributed by atoms with Crippen LogP contribution in [0.15, 0.2) is 0 Å². The fraction of sp³-hybridized carbons (Fsp3) is 0.733. The summed E-state index contributed by atoms with van der Waals surface area (Å²) in [6.45, 7) is 9.80. The zero-order valence-electron chi connectivity index (χ0n) is 12.8. The second-order valence-corrected chi connectivity index (χ2v) is 5.31. The van der Waals surface area contributed by atoms with Crippen molar-refractivity contribution in [1.29, 1.82) is 0 Å². The van der Waals surface area contributed by atoms with E-state index in [-0.39, 0.29) is 0 Å². The van der Waals surface area contributed by atoms with Gasteiger partial charge in [0.1, 0.15) is 17.5 Å². The number of nitrogens with one attached hydrogen (secondary N) is 2. The minimum Gasteiger partial charge on any atom is -0.381 e. The zero-order chi connectivity index (χ0) is 14.4. The molecule has 2 rings (SSSR count). The van der Waals surface area contributed by atoms with Gasteiger partial charge >= 0.3 is 0 Å². The molecule has 5 heteroatoms. The van der Waals surface area contributed by atoms with Crippen molar-refractivity contribution in [3.63, 3.8) is 0 Å². The maximum atomic E-state index is 5.52. The predicted octanol–water partition coefficient (Wildman–Crippen LogP) is 2.62. The van der Waals surface area contributed by atoms with Crippen LogP contribution in [0.4, 0.5) is 11.6 Å². The highest BCUT2D eigenvalue weighted by Crippen LogP contribution is 2.21. The molecule has 5 nitrogen and oxygen atoms in total. The monoisotopic (exact) mass is 278 g/mol. The molecule has 112 valence electrons. The number of ether oxygens (including phenoxy) is 1. The molecule has 1 atom stereocenters. The summed E-state index contributed by atoms with van der Waals surface area (Å²) in [7, 11) is 0. The van der Waals surface area contributed by atoms with Gasteiger partial charge in [0.05, 0.1) is 6.61 Å². The normalized spacial score (nSPS) is 18.9. The van der Waals surface area contributed by atoms with Crippen LogP contribution in [0.5, 0.6) is 0 Å². The second-order valence-electron chi connectivity index (χ2n) is 5.31. The fourth-order valence-corrected chi connectivity index (χ4v) is 2.44. The van der Waals surface area contributed by atoms with Crippen LogP contribution in [-0.4, -0.2) is 36.3 Å². The molecule has 1 unspecified atom stereocenters. The van der Waals surface area contributed by atoms with Crippen molar-refractivity contribution in [2.75, 3.05) is 36.9 Å². The summed E-state index contributed by atoms with van der Waals surface area (Å²) in [5.74, 6) is 3.37. The highest BCUT2D eigenvalue weighted by atomic mass is 16.5. The summed E-state index contributed by atoms with van der Waals surface area (Å²) < 4.78 is 5.52. The summed E-state index contributed by atoms with van der Waals surface area (Å²) in [5, 5.41) is 6.80. The molecule has 2 heterocycles. The van der Waals surface area contributed by atoms with Gasteiger partial charge in [-0.1, -0.05) is 6.92 Å². The van der Waals surface area contributed by atoms with Gasteiger partial charge in [-0.2, -0.15) is 0 Å². The van der Waals surface area contributed by atoms with Crippen molar-refractivity contribution in [2.24, 2.45) is 5.92 Å². The summed E-state index contributed by atoms with van der Waals surface area (Å²) in [5.41, 5.74) is 1.10. The van der Waals surface area contributed by atoms with Crippen LogP contribution in [-0.2, 0) is 11.2 Å². The molecule has 0 aliphatic carbocycles. The lowest BCUT2D eigenvalue weighted by molar-refractivity contribution is 0.0595. The third-order valence-corrected chi connectivity index (χ3v) is 3.67. The van der Waals surface area contributed by atoms with E-state index in [1.807, 2.05) is 0 Å². The number of aromatic nitrogens is 2. The van der Waals surface area contributed by atoms with Gasteiger partial charge in [0.25, 0.3) is 0 Å². The van der Waals surface area contributed by atoms with Gasteiger partial charge in [-0.05, 0) is 32.6 Å². The largest absolute Gasteiger partial charge is 0.381 e. The number of nitrogens with zero attached hydrogens (tertiary/aromatic N) is 2. The highest BCUT2D eigenvalue weighted by molar-refractivity contribution is 5.57. The average molecular weight is 278 g/mol. The molecule has 0 amide bonds. The molecule has 2 N–H and O–H groups in total. The Balaban J connectivity index is 2.06. The molecule has 20 heavy (non-hydrogen) atoms. The highest BCUT2D eigenvalue weighted by Gasteiger charge is 2.15. The summed E-state index contributed by atoms with van der Waals surface area (Å²) in [4.78, 5) is 9.16. The Labute approximate surface area is 121 Å². The van der Waals surface area contributed by atoms with Gasteiger partial charge in [0, 0.05) is 31.7 Å². The van der Waals surface area contributed by atoms with E-state index in [0.717, 1.165) is 62.2 Å². The van der Waals surface area contributed by atoms with Gasteiger partial charge in [0.2, 0.25) is 0 Å². The lowest BCUT2D eigenvalue weighted by Crippen LogP contribution is -2.25. The first-order valence-corrected chi connectivity index (χ1v) is 7.67. The number of hydrogen-bond donors (Lipinski definition) is 2. The SMILES string of the molecule is CCNc1nc(CC)nc(NCC2CCCOC2)c1C. The third-order valence-electron chi connectivity index (χ3n) is 3.67. The minimum atomic E-state index is 0.589. The number of rotatable bonds is 6. The topological polar surface area (TPSA) is 59.1 Å². The van der Waals surface area contributed by atoms with Gasteiger partial charge < -0.3 is 15.4 Å². The number of anilines is 2. The Kier molecular flexibility index (Phi) is 5.59. The van der Waals surface area contributed by atoms with Crippen LogP contribution in [0.1, 0.15) is 38.1 Å². The quantitative estimate of drug-likeness (QED) is 0.837. The molecular weight excluding hydrogens is 252 g/mol. The van der Waals surface area contributed by atoms with Crippen LogP contribution < -0.4 is 10.6 Å². The number of aryl methyl sites for hydroxylation is 1. The van der Waals surface area contributed by atoms with Crippen molar-refractivity contribution < 1.29 is 4.74 Å². The van der Waals surface area contributed by atoms with Crippen molar-refractivity contribution in [2.45, 2.75) is 40.0 Å². The molecule has 1 fully saturated rings. The number of hydrogen-bond acceptors (Lipinski definition) is 5. The van der Waals surface area contributed by atoms with E-state index in [1.54, 1.807) is 0 Å². The maximum Gasteiger partial charge on any atom is 0.134 e. The van der Waals surface area contributed by atoms with E-state index < -0.39 is 0 Å². The fourth-order valence-electron chi connectivity index (χ4n) is 2.44. The Morgan fingerprint density at radius 3 is 2.55 bits per heavy atom. The molecule has 0 spiro atoms. The molecule has 0 aromatic carbocycles. The summed E-state index contributed by atoms with van der Waals surface area (Å²) >= 11 is 0. The molecule has 0 radical (unpaired) electrons. The van der Waals surface area contributed by atoms with Crippen LogP contribution in [0.2, 0.25) is 0 Å². The van der Waals surface area contributed by atoms with E-state index in [0.29, 0.717) is 5.92 Å². The Hall–Kier alpha value is -1.36. The molecule has 0 saturated carbocycles. The van der Waals surface area contributed by atoms with Crippen molar-refractivity contribution in [3.8, 4) is 0 Å². The minimum absolute atomic E-state index is 0.589. The maximum absolute atomic E-state index is 5.52. The Bertz CT molecular complexity index is 430.